The summed E-state index contributed by atoms with van der Waals surface area (Å²) in [5, 5.41) is 3.89. The molecule has 0 aliphatic carbocycles. The highest BCUT2D eigenvalue weighted by Gasteiger charge is 1.87. The first-order chi connectivity index (χ1) is 4.16. The van der Waals surface area contributed by atoms with Crippen LogP contribution < -0.4 is 11.2 Å². The first-order valence-electron chi connectivity index (χ1n) is 3.24. The molecule has 0 unspecified atom stereocenters. The molecule has 0 saturated heterocycles. The highest BCUT2D eigenvalue weighted by Crippen LogP contribution is 1.78. The van der Waals surface area contributed by atoms with E-state index in [4.69, 9.17) is 5.73 Å². The summed E-state index contributed by atoms with van der Waals surface area (Å²) in [7, 11) is 0. The lowest BCUT2D eigenvalue weighted by molar-refractivity contribution is 0.618. The lowest BCUT2D eigenvalue weighted by Gasteiger charge is -2.03. The Morgan fingerprint density at radius 3 is 2.56 bits per heavy atom. The van der Waals surface area contributed by atoms with E-state index in [9.17, 15) is 0 Å². The fourth-order valence-electron chi connectivity index (χ4n) is 0.291. The van der Waals surface area contributed by atoms with Crippen molar-refractivity contribution in [2.75, 3.05) is 0 Å². The predicted molar refractivity (Wildman–Crippen MR) is 40.2 cm³/mol. The summed E-state index contributed by atoms with van der Waals surface area (Å²) in [4.78, 5) is 0. The second-order valence-corrected chi connectivity index (χ2v) is 2.24. The van der Waals surface area contributed by atoms with E-state index in [0.29, 0.717) is 11.9 Å². The lowest BCUT2D eigenvalue weighted by atomic mass is 10.4. The van der Waals surface area contributed by atoms with Crippen LogP contribution in [0.1, 0.15) is 27.2 Å². The Balaban J connectivity index is 3.43. The molecule has 0 spiro atoms. The normalized spacial score (nSPS) is 12.2. The minimum absolute atomic E-state index is 0.370. The van der Waals surface area contributed by atoms with E-state index in [1.54, 1.807) is 0 Å². The summed E-state index contributed by atoms with van der Waals surface area (Å²) in [6.07, 6.45) is 0.805. The van der Waals surface area contributed by atoms with Crippen LogP contribution in [-0.4, -0.2) is 11.9 Å². The predicted octanol–water partition coefficient (Wildman–Crippen LogP) is 0.667. The van der Waals surface area contributed by atoms with Crippen molar-refractivity contribution in [3.63, 3.8) is 0 Å². The molecule has 3 heteroatoms. The smallest absolute Gasteiger partial charge is 0.119 e. The maximum Gasteiger partial charge on any atom is 0.119 e. The van der Waals surface area contributed by atoms with Gasteiger partial charge in [0.05, 0.1) is 0 Å². The molecule has 0 atom stereocenters. The largest absolute Gasteiger partial charge is 0.386 e. The molecule has 54 valence electrons. The second-order valence-electron chi connectivity index (χ2n) is 2.24. The molecular formula is C6H15N3. The molecule has 0 rings (SSSR count). The van der Waals surface area contributed by atoms with Crippen LogP contribution in [0.4, 0.5) is 0 Å². The van der Waals surface area contributed by atoms with E-state index in [1.165, 1.54) is 0 Å². The van der Waals surface area contributed by atoms with Gasteiger partial charge in [0, 0.05) is 12.5 Å². The van der Waals surface area contributed by atoms with Crippen molar-refractivity contribution < 1.29 is 0 Å². The van der Waals surface area contributed by atoms with Gasteiger partial charge in [-0.3, -0.25) is 0 Å². The monoisotopic (exact) mass is 129 g/mol. The van der Waals surface area contributed by atoms with Crippen LogP contribution in [0, 0.1) is 0 Å². The molecule has 0 bridgehead atoms. The standard InChI is InChI=1S/C6H15N3/c1-4-6(7)9-8-5(2)3/h5,8H,4H2,1-3H3,(H2,7,9). The number of nitrogens with two attached hydrogens (primary N) is 1. The van der Waals surface area contributed by atoms with E-state index in [0.717, 1.165) is 6.42 Å². The summed E-state index contributed by atoms with van der Waals surface area (Å²) in [5.74, 6) is 0.656. The van der Waals surface area contributed by atoms with Crippen LogP contribution in [0.5, 0.6) is 0 Å². The molecule has 0 aromatic heterocycles. The Morgan fingerprint density at radius 2 is 2.22 bits per heavy atom. The molecule has 0 fully saturated rings. The molecule has 0 aromatic rings. The number of amidine groups is 1. The highest BCUT2D eigenvalue weighted by molar-refractivity contribution is 5.79. The quantitative estimate of drug-likeness (QED) is 0.334. The van der Waals surface area contributed by atoms with Gasteiger partial charge in [-0.1, -0.05) is 6.92 Å². The van der Waals surface area contributed by atoms with Gasteiger partial charge >= 0.3 is 0 Å². The van der Waals surface area contributed by atoms with Crippen LogP contribution in [0.3, 0.4) is 0 Å². The zero-order valence-corrected chi connectivity index (χ0v) is 6.31. The van der Waals surface area contributed by atoms with Crippen LogP contribution in [-0.2, 0) is 0 Å². The molecule has 0 aromatic carbocycles. The first kappa shape index (κ1) is 8.27. The summed E-state index contributed by atoms with van der Waals surface area (Å²) < 4.78 is 0. The zero-order chi connectivity index (χ0) is 7.28. The number of hydrogen-bond acceptors (Lipinski definition) is 2. The summed E-state index contributed by atoms with van der Waals surface area (Å²) in [6, 6.07) is 0.370. The van der Waals surface area contributed by atoms with E-state index < -0.39 is 0 Å². The van der Waals surface area contributed by atoms with E-state index >= 15 is 0 Å². The molecule has 0 amide bonds. The minimum atomic E-state index is 0.370. The van der Waals surface area contributed by atoms with Gasteiger partial charge in [0.1, 0.15) is 5.84 Å². The van der Waals surface area contributed by atoms with Gasteiger partial charge in [-0.25, -0.2) is 0 Å². The Hall–Kier alpha value is -0.730. The highest BCUT2D eigenvalue weighted by atomic mass is 15.3. The SMILES string of the molecule is CCC(N)=NNC(C)C. The third-order valence-corrected chi connectivity index (χ3v) is 0.829. The second kappa shape index (κ2) is 4.18. The van der Waals surface area contributed by atoms with Gasteiger partial charge in [-0.05, 0) is 13.8 Å². The van der Waals surface area contributed by atoms with Gasteiger partial charge in [0.15, 0.2) is 0 Å². The fourth-order valence-corrected chi connectivity index (χ4v) is 0.291. The number of hydrogen-bond donors (Lipinski definition) is 2. The molecule has 3 nitrogen and oxygen atoms in total. The van der Waals surface area contributed by atoms with Gasteiger partial charge < -0.3 is 11.2 Å². The van der Waals surface area contributed by atoms with Crippen LogP contribution in [0.15, 0.2) is 5.10 Å². The number of nitrogens with one attached hydrogen (secondary N) is 1. The summed E-state index contributed by atoms with van der Waals surface area (Å²) in [5.41, 5.74) is 8.27. The molecule has 3 N–H and O–H groups in total. The van der Waals surface area contributed by atoms with Crippen molar-refractivity contribution in [1.82, 2.24) is 5.43 Å². The molecule has 0 aliphatic rings. The first-order valence-corrected chi connectivity index (χ1v) is 3.24. The Morgan fingerprint density at radius 1 is 1.67 bits per heavy atom. The summed E-state index contributed by atoms with van der Waals surface area (Å²) in [6.45, 7) is 6.01. The third-order valence-electron chi connectivity index (χ3n) is 0.829. The van der Waals surface area contributed by atoms with E-state index in [2.05, 4.69) is 10.5 Å². The zero-order valence-electron chi connectivity index (χ0n) is 6.31. The Kier molecular flexibility index (Phi) is 3.84. The maximum absolute atomic E-state index is 5.41. The van der Waals surface area contributed by atoms with Gasteiger partial charge in [-0.15, -0.1) is 0 Å². The van der Waals surface area contributed by atoms with Crippen LogP contribution >= 0.6 is 0 Å². The third kappa shape index (κ3) is 5.14. The van der Waals surface area contributed by atoms with Crippen molar-refractivity contribution in [1.29, 1.82) is 0 Å². The molecule has 0 radical (unpaired) electrons. The van der Waals surface area contributed by atoms with Crippen LogP contribution in [0.25, 0.3) is 0 Å². The van der Waals surface area contributed by atoms with Gasteiger partial charge in [0.2, 0.25) is 0 Å². The topological polar surface area (TPSA) is 50.4 Å². The number of nitrogens with zero attached hydrogens (tertiary/aromatic N) is 1. The van der Waals surface area contributed by atoms with Gasteiger partial charge in [0.25, 0.3) is 0 Å². The number of hydrazone groups is 1. The minimum Gasteiger partial charge on any atom is -0.386 e. The van der Waals surface area contributed by atoms with Crippen molar-refractivity contribution in [3.05, 3.63) is 0 Å². The van der Waals surface area contributed by atoms with Gasteiger partial charge in [-0.2, -0.15) is 5.10 Å². The van der Waals surface area contributed by atoms with Crippen LogP contribution in [0.2, 0.25) is 0 Å². The average molecular weight is 129 g/mol. The van der Waals surface area contributed by atoms with Crippen molar-refractivity contribution in [3.8, 4) is 0 Å². The average Bonchev–Trinajstić information content (AvgIpc) is 1.83. The molecule has 9 heavy (non-hydrogen) atoms. The molecule has 0 aliphatic heterocycles. The van der Waals surface area contributed by atoms with Crippen molar-refractivity contribution in [2.45, 2.75) is 33.2 Å². The van der Waals surface area contributed by atoms with E-state index in [-0.39, 0.29) is 0 Å². The fraction of sp³-hybridized carbons (Fsp3) is 0.833. The van der Waals surface area contributed by atoms with E-state index in [1.807, 2.05) is 20.8 Å². The lowest BCUT2D eigenvalue weighted by Crippen LogP contribution is -2.22. The molecule has 0 heterocycles. The summed E-state index contributed by atoms with van der Waals surface area (Å²) >= 11 is 0. The Labute approximate surface area is 56.3 Å². The number of rotatable bonds is 3. The molecule has 0 saturated carbocycles. The maximum atomic E-state index is 5.41. The molecular weight excluding hydrogens is 114 g/mol. The Bertz CT molecular complexity index is 96.5. The van der Waals surface area contributed by atoms with Crippen molar-refractivity contribution >= 4 is 5.84 Å². The van der Waals surface area contributed by atoms with Crippen molar-refractivity contribution in [2.24, 2.45) is 10.8 Å².